The number of sulfone groups is 1. The van der Waals surface area contributed by atoms with Crippen molar-refractivity contribution in [1.82, 2.24) is 9.29 Å². The Morgan fingerprint density at radius 2 is 1.76 bits per heavy atom. The lowest BCUT2D eigenvalue weighted by Crippen LogP contribution is -2.55. The standard InChI is InChI=1S/C29H33N3O7S2/c1-20(15-22-7-4-3-5-8-22)28(30)32(41(37,38)25-10-11-27-23(16-25)12-14-39-27)29(34)21(2)18-40(35,36)19-26(33)24-9-6-13-31-17-24/h3-11,13,16-17,20-21,28H,12,14-15,18-19,30H2,1-2H3/t20-,21?,28-/m0/s1. The molecular weight excluding hydrogens is 566 g/mol. The fraction of sp³-hybridized carbons (Fsp3) is 0.345. The Morgan fingerprint density at radius 1 is 1.02 bits per heavy atom. The highest BCUT2D eigenvalue weighted by Gasteiger charge is 2.40. The molecule has 0 aliphatic carbocycles. The quantitative estimate of drug-likeness (QED) is 0.244. The summed E-state index contributed by atoms with van der Waals surface area (Å²) >= 11 is 0. The predicted octanol–water partition coefficient (Wildman–Crippen LogP) is 2.63. The predicted molar refractivity (Wildman–Crippen MR) is 153 cm³/mol. The molecule has 0 spiro atoms. The SMILES string of the molecule is CC(CS(=O)(=O)CC(=O)c1cccnc1)C(=O)N([C@H](N)[C@@H](C)Cc1ccccc1)S(=O)(=O)c1ccc2c(c1)CCO2. The molecule has 0 saturated heterocycles. The normalized spacial score (nSPS) is 15.3. The molecule has 1 amide bonds. The monoisotopic (exact) mass is 599 g/mol. The number of fused-ring (bicyclic) bond motifs is 1. The summed E-state index contributed by atoms with van der Waals surface area (Å²) in [7, 11) is -8.59. The fourth-order valence-electron chi connectivity index (χ4n) is 4.74. The van der Waals surface area contributed by atoms with Crippen LogP contribution in [0, 0.1) is 11.8 Å². The van der Waals surface area contributed by atoms with E-state index in [2.05, 4.69) is 4.98 Å². The van der Waals surface area contributed by atoms with Crippen molar-refractivity contribution in [2.75, 3.05) is 18.1 Å². The van der Waals surface area contributed by atoms with E-state index in [-0.39, 0.29) is 10.5 Å². The molecule has 2 N–H and O–H groups in total. The van der Waals surface area contributed by atoms with Gasteiger partial charge in [-0.1, -0.05) is 44.2 Å². The third-order valence-electron chi connectivity index (χ3n) is 6.95. The first-order valence-electron chi connectivity index (χ1n) is 13.2. The second-order valence-corrected chi connectivity index (χ2v) is 14.2. The highest BCUT2D eigenvalue weighted by molar-refractivity contribution is 7.92. The van der Waals surface area contributed by atoms with Gasteiger partial charge in [-0.05, 0) is 53.8 Å². The summed E-state index contributed by atoms with van der Waals surface area (Å²) in [6.07, 6.45) is 2.32. The number of pyridine rings is 1. The molecule has 10 nitrogen and oxygen atoms in total. The largest absolute Gasteiger partial charge is 0.493 e. The topological polar surface area (TPSA) is 154 Å². The van der Waals surface area contributed by atoms with Gasteiger partial charge in [0.2, 0.25) is 5.91 Å². The number of hydrogen-bond acceptors (Lipinski definition) is 9. The van der Waals surface area contributed by atoms with Gasteiger partial charge in [-0.25, -0.2) is 21.1 Å². The van der Waals surface area contributed by atoms with Gasteiger partial charge in [0, 0.05) is 24.4 Å². The molecule has 3 aromatic rings. The summed E-state index contributed by atoms with van der Waals surface area (Å²) in [6, 6.07) is 16.6. The van der Waals surface area contributed by atoms with E-state index in [1.807, 2.05) is 30.3 Å². The highest BCUT2D eigenvalue weighted by atomic mass is 32.2. The zero-order valence-electron chi connectivity index (χ0n) is 22.8. The lowest BCUT2D eigenvalue weighted by Gasteiger charge is -2.34. The first-order valence-corrected chi connectivity index (χ1v) is 16.4. The summed E-state index contributed by atoms with van der Waals surface area (Å²) in [5.74, 6) is -4.45. The van der Waals surface area contributed by atoms with E-state index in [1.165, 1.54) is 49.6 Å². The number of Topliss-reactive ketones (excluding diaryl/α,β-unsaturated/α-hetero) is 1. The van der Waals surface area contributed by atoms with Crippen molar-refractivity contribution < 1.29 is 31.2 Å². The number of benzene rings is 2. The molecule has 3 atom stereocenters. The number of nitrogens with two attached hydrogens (primary N) is 1. The molecule has 0 saturated carbocycles. The molecule has 0 fully saturated rings. The van der Waals surface area contributed by atoms with Crippen LogP contribution in [0.25, 0.3) is 0 Å². The summed E-state index contributed by atoms with van der Waals surface area (Å²) in [5.41, 5.74) is 8.21. The van der Waals surface area contributed by atoms with E-state index in [1.54, 1.807) is 6.92 Å². The summed E-state index contributed by atoms with van der Waals surface area (Å²) in [6.45, 7) is 3.47. The van der Waals surface area contributed by atoms with Gasteiger partial charge in [0.25, 0.3) is 10.0 Å². The molecule has 1 aliphatic rings. The Balaban J connectivity index is 1.62. The van der Waals surface area contributed by atoms with Gasteiger partial charge in [-0.3, -0.25) is 14.6 Å². The smallest absolute Gasteiger partial charge is 0.267 e. The van der Waals surface area contributed by atoms with Crippen LogP contribution in [0.3, 0.4) is 0 Å². The molecule has 2 aromatic carbocycles. The van der Waals surface area contributed by atoms with Gasteiger partial charge in [-0.15, -0.1) is 0 Å². The first-order chi connectivity index (χ1) is 19.4. The highest BCUT2D eigenvalue weighted by Crippen LogP contribution is 2.31. The molecular formula is C29H33N3O7S2. The van der Waals surface area contributed by atoms with Gasteiger partial charge >= 0.3 is 0 Å². The number of amides is 1. The Morgan fingerprint density at radius 3 is 2.44 bits per heavy atom. The van der Waals surface area contributed by atoms with Crippen LogP contribution in [0.15, 0.2) is 78.0 Å². The minimum Gasteiger partial charge on any atom is -0.493 e. The van der Waals surface area contributed by atoms with E-state index in [0.717, 1.165) is 5.56 Å². The number of carbonyl (C=O) groups excluding carboxylic acids is 2. The number of carbonyl (C=O) groups is 2. The van der Waals surface area contributed by atoms with Crippen molar-refractivity contribution in [3.8, 4) is 5.75 Å². The lowest BCUT2D eigenvalue weighted by atomic mass is 9.98. The molecule has 1 unspecified atom stereocenters. The van der Waals surface area contributed by atoms with E-state index in [0.29, 0.717) is 35.1 Å². The van der Waals surface area contributed by atoms with Crippen LogP contribution in [0.5, 0.6) is 5.75 Å². The third-order valence-corrected chi connectivity index (χ3v) is 10.5. The van der Waals surface area contributed by atoms with Crippen molar-refractivity contribution in [2.24, 2.45) is 17.6 Å². The Labute approximate surface area is 240 Å². The summed E-state index contributed by atoms with van der Waals surface area (Å²) < 4.78 is 59.9. The lowest BCUT2D eigenvalue weighted by molar-refractivity contribution is -0.131. The minimum atomic E-state index is -4.49. The number of hydrogen-bond donors (Lipinski definition) is 1. The minimum absolute atomic E-state index is 0.122. The molecule has 12 heteroatoms. The first kappa shape index (κ1) is 30.4. The molecule has 41 heavy (non-hydrogen) atoms. The molecule has 0 radical (unpaired) electrons. The number of rotatable bonds is 12. The number of aromatic nitrogens is 1. The number of sulfonamides is 1. The van der Waals surface area contributed by atoms with Crippen LogP contribution in [-0.2, 0) is 37.5 Å². The second kappa shape index (κ2) is 12.5. The zero-order chi connectivity index (χ0) is 29.8. The fourth-order valence-corrected chi connectivity index (χ4v) is 8.03. The molecule has 1 aromatic heterocycles. The van der Waals surface area contributed by atoms with Crippen molar-refractivity contribution in [3.05, 3.63) is 89.7 Å². The van der Waals surface area contributed by atoms with Gasteiger partial charge in [-0.2, -0.15) is 0 Å². The van der Waals surface area contributed by atoms with Crippen LogP contribution >= 0.6 is 0 Å². The zero-order valence-corrected chi connectivity index (χ0v) is 24.5. The Hall–Kier alpha value is -3.61. The van der Waals surface area contributed by atoms with Crippen LogP contribution in [0.4, 0.5) is 0 Å². The Bertz CT molecular complexity index is 1610. The van der Waals surface area contributed by atoms with Gasteiger partial charge in [0.15, 0.2) is 15.6 Å². The van der Waals surface area contributed by atoms with Gasteiger partial charge in [0.1, 0.15) is 11.5 Å². The van der Waals surface area contributed by atoms with Crippen LogP contribution in [-0.4, -0.2) is 62.1 Å². The molecule has 4 rings (SSSR count). The average molecular weight is 600 g/mol. The number of nitrogens with zero attached hydrogens (tertiary/aromatic N) is 2. The van der Waals surface area contributed by atoms with Crippen molar-refractivity contribution in [3.63, 3.8) is 0 Å². The maximum Gasteiger partial charge on any atom is 0.267 e. The Kier molecular flexibility index (Phi) is 9.25. The van der Waals surface area contributed by atoms with Crippen molar-refractivity contribution in [2.45, 2.75) is 37.8 Å². The summed E-state index contributed by atoms with van der Waals surface area (Å²) in [4.78, 5) is 30.0. The number of ether oxygens (including phenoxy) is 1. The molecule has 218 valence electrons. The average Bonchev–Trinajstić information content (AvgIpc) is 3.41. The summed E-state index contributed by atoms with van der Waals surface area (Å²) in [5, 5.41) is 0. The second-order valence-electron chi connectivity index (χ2n) is 10.3. The van der Waals surface area contributed by atoms with E-state index in [9.17, 15) is 26.4 Å². The van der Waals surface area contributed by atoms with Crippen molar-refractivity contribution in [1.29, 1.82) is 0 Å². The molecule has 0 bridgehead atoms. The van der Waals surface area contributed by atoms with E-state index < -0.39 is 61.1 Å². The van der Waals surface area contributed by atoms with Crippen LogP contribution in [0.1, 0.15) is 35.3 Å². The van der Waals surface area contributed by atoms with E-state index >= 15 is 0 Å². The maximum atomic E-state index is 14.0. The molecule has 1 aliphatic heterocycles. The van der Waals surface area contributed by atoms with Gasteiger partial charge in [0.05, 0.1) is 29.3 Å². The van der Waals surface area contributed by atoms with Crippen molar-refractivity contribution >= 4 is 31.6 Å². The van der Waals surface area contributed by atoms with E-state index in [4.69, 9.17) is 10.5 Å². The van der Waals surface area contributed by atoms with Crippen LogP contribution in [0.2, 0.25) is 0 Å². The number of ketones is 1. The third kappa shape index (κ3) is 7.19. The van der Waals surface area contributed by atoms with Gasteiger partial charge < -0.3 is 10.5 Å². The molecule has 2 heterocycles. The maximum absolute atomic E-state index is 14.0. The van der Waals surface area contributed by atoms with Crippen LogP contribution < -0.4 is 10.5 Å².